The molecular formula is C24H28F3N5O5. The lowest BCUT2D eigenvalue weighted by Gasteiger charge is -2.27. The Hall–Kier alpha value is -3.79. The van der Waals surface area contributed by atoms with Crippen molar-refractivity contribution in [2.75, 3.05) is 6.54 Å². The van der Waals surface area contributed by atoms with Crippen LogP contribution in [0, 0.1) is 22.7 Å². The van der Waals surface area contributed by atoms with E-state index in [1.807, 2.05) is 26.8 Å². The highest BCUT2D eigenvalue weighted by atomic mass is 19.4. The van der Waals surface area contributed by atoms with Gasteiger partial charge in [0.1, 0.15) is 17.8 Å². The van der Waals surface area contributed by atoms with Crippen LogP contribution < -0.4 is 20.8 Å². The fourth-order valence-electron chi connectivity index (χ4n) is 4.26. The van der Waals surface area contributed by atoms with E-state index in [1.54, 1.807) is 0 Å². The maximum atomic E-state index is 13.5. The van der Waals surface area contributed by atoms with Gasteiger partial charge in [0.05, 0.1) is 17.1 Å². The summed E-state index contributed by atoms with van der Waals surface area (Å²) in [4.78, 5) is 44.5. The van der Waals surface area contributed by atoms with Crippen LogP contribution >= 0.6 is 0 Å². The molecule has 0 bridgehead atoms. The van der Waals surface area contributed by atoms with Crippen LogP contribution in [0.1, 0.15) is 56.1 Å². The summed E-state index contributed by atoms with van der Waals surface area (Å²) in [5, 5.41) is 26.1. The molecule has 2 heterocycles. The lowest BCUT2D eigenvalue weighted by molar-refractivity contribution is -0.139. The lowest BCUT2D eigenvalue weighted by atomic mass is 9.87. The number of nitrogens with one attached hydrogen (secondary N) is 4. The Bertz CT molecular complexity index is 1230. The molecule has 5 N–H and O–H groups in total. The number of aromatic amines is 1. The average Bonchev–Trinajstić information content (AvgIpc) is 3.42. The second-order valence-corrected chi connectivity index (χ2v) is 10.2. The van der Waals surface area contributed by atoms with Crippen LogP contribution in [0.4, 0.5) is 13.2 Å². The molecule has 1 fully saturated rings. The van der Waals surface area contributed by atoms with Crippen molar-refractivity contribution < 1.29 is 37.7 Å². The van der Waals surface area contributed by atoms with Crippen LogP contribution in [-0.4, -0.2) is 46.6 Å². The Kier molecular flexibility index (Phi) is 8.02. The maximum absolute atomic E-state index is 13.5. The van der Waals surface area contributed by atoms with Gasteiger partial charge in [-0.2, -0.15) is 18.4 Å². The topological polar surface area (TPSA) is 156 Å². The summed E-state index contributed by atoms with van der Waals surface area (Å²) < 4.78 is 40.4. The van der Waals surface area contributed by atoms with Crippen molar-refractivity contribution in [2.45, 2.75) is 58.3 Å². The minimum absolute atomic E-state index is 0.108. The summed E-state index contributed by atoms with van der Waals surface area (Å²) in [6, 6.07) is 2.54. The van der Waals surface area contributed by atoms with E-state index in [2.05, 4.69) is 25.8 Å². The largest absolute Gasteiger partial charge is 0.418 e. The van der Waals surface area contributed by atoms with E-state index in [0.717, 1.165) is 12.1 Å². The van der Waals surface area contributed by atoms with Gasteiger partial charge < -0.3 is 25.8 Å². The highest BCUT2D eigenvalue weighted by Crippen LogP contribution is 2.38. The van der Waals surface area contributed by atoms with E-state index in [-0.39, 0.29) is 35.6 Å². The number of hydrogen-bond acceptors (Lipinski definition) is 6. The molecule has 2 aromatic rings. The molecule has 0 saturated carbocycles. The fourth-order valence-corrected chi connectivity index (χ4v) is 4.26. The first-order valence-electron chi connectivity index (χ1n) is 11.6. The zero-order valence-electron chi connectivity index (χ0n) is 20.5. The zero-order valence-corrected chi connectivity index (χ0v) is 20.5. The first-order valence-corrected chi connectivity index (χ1v) is 11.6. The van der Waals surface area contributed by atoms with E-state index in [1.165, 1.54) is 0 Å². The number of halogens is 3. The van der Waals surface area contributed by atoms with Gasteiger partial charge in [0.15, 0.2) is 5.75 Å². The molecule has 200 valence electrons. The number of carbonyl (C=O) groups is 3. The number of hydrogen-bond donors (Lipinski definition) is 5. The number of nitriles is 1. The standard InChI is InChI=1S/C24H28F3N5O5/c1-23(2,3)10-17(22(35)30-13(11-28)8-12-6-7-29-20(12)33)32-21(34)16-9-14-18(37-36)5-4-15(19(14)31-16)24(25,26)27/h4-5,9,12-13,17,31,36H,6-8,10H2,1-3H3,(H,29,33)(H,30,35)(H,32,34)/t12-,13-,17-/m0/s1. The molecule has 37 heavy (non-hydrogen) atoms. The molecule has 1 aromatic heterocycles. The maximum Gasteiger partial charge on any atom is 0.418 e. The highest BCUT2D eigenvalue weighted by molar-refractivity contribution is 6.02. The van der Waals surface area contributed by atoms with E-state index < -0.39 is 52.5 Å². The molecule has 13 heteroatoms. The molecule has 1 aliphatic heterocycles. The Balaban J connectivity index is 1.84. The smallest absolute Gasteiger partial charge is 0.356 e. The minimum Gasteiger partial charge on any atom is -0.356 e. The number of amides is 3. The average molecular weight is 524 g/mol. The van der Waals surface area contributed by atoms with Crippen molar-refractivity contribution in [1.82, 2.24) is 20.9 Å². The van der Waals surface area contributed by atoms with Crippen molar-refractivity contribution in [3.63, 3.8) is 0 Å². The third-order valence-corrected chi connectivity index (χ3v) is 6.00. The molecule has 3 rings (SSSR count). The molecule has 3 atom stereocenters. The van der Waals surface area contributed by atoms with Gasteiger partial charge in [0.2, 0.25) is 11.8 Å². The monoisotopic (exact) mass is 523 g/mol. The fraction of sp³-hybridized carbons (Fsp3) is 0.500. The van der Waals surface area contributed by atoms with Crippen LogP contribution in [0.25, 0.3) is 10.9 Å². The number of rotatable bonds is 8. The Morgan fingerprint density at radius 2 is 1.97 bits per heavy atom. The highest BCUT2D eigenvalue weighted by Gasteiger charge is 2.35. The number of alkyl halides is 3. The summed E-state index contributed by atoms with van der Waals surface area (Å²) >= 11 is 0. The van der Waals surface area contributed by atoms with E-state index in [9.17, 15) is 32.8 Å². The zero-order chi connectivity index (χ0) is 27.5. The number of H-pyrrole nitrogens is 1. The van der Waals surface area contributed by atoms with Crippen molar-refractivity contribution >= 4 is 28.6 Å². The van der Waals surface area contributed by atoms with Crippen LogP contribution in [0.3, 0.4) is 0 Å². The molecule has 0 unspecified atom stereocenters. The molecule has 0 aliphatic carbocycles. The number of fused-ring (bicyclic) bond motifs is 1. The van der Waals surface area contributed by atoms with Gasteiger partial charge in [-0.1, -0.05) is 20.8 Å². The van der Waals surface area contributed by atoms with Gasteiger partial charge >= 0.3 is 6.18 Å². The van der Waals surface area contributed by atoms with Crippen molar-refractivity contribution in [3.05, 3.63) is 29.5 Å². The van der Waals surface area contributed by atoms with Gasteiger partial charge in [-0.25, -0.2) is 5.26 Å². The number of nitrogens with zero attached hydrogens (tertiary/aromatic N) is 1. The van der Waals surface area contributed by atoms with Gasteiger partial charge in [0, 0.05) is 17.8 Å². The predicted octanol–water partition coefficient (Wildman–Crippen LogP) is 3.11. The van der Waals surface area contributed by atoms with Gasteiger partial charge in [-0.05, 0) is 42.9 Å². The van der Waals surface area contributed by atoms with Crippen molar-refractivity contribution in [3.8, 4) is 11.8 Å². The molecule has 3 amide bonds. The molecule has 1 saturated heterocycles. The predicted molar refractivity (Wildman–Crippen MR) is 125 cm³/mol. The third-order valence-electron chi connectivity index (χ3n) is 6.00. The SMILES string of the molecule is CC(C)(C)C[C@H](NC(=O)c1cc2c(OO)ccc(C(F)(F)F)c2[nH]1)C(=O)N[C@H](C#N)C[C@@H]1CCNC1=O. The van der Waals surface area contributed by atoms with Gasteiger partial charge in [0.25, 0.3) is 5.91 Å². The van der Waals surface area contributed by atoms with Gasteiger partial charge in [-0.3, -0.25) is 14.4 Å². The summed E-state index contributed by atoms with van der Waals surface area (Å²) in [6.45, 7) is 5.97. The summed E-state index contributed by atoms with van der Waals surface area (Å²) in [6.07, 6.45) is -3.96. The number of carbonyl (C=O) groups excluding carboxylic acids is 3. The van der Waals surface area contributed by atoms with Crippen LogP contribution in [-0.2, 0) is 15.8 Å². The Morgan fingerprint density at radius 3 is 2.51 bits per heavy atom. The quantitative estimate of drug-likeness (QED) is 0.264. The summed E-state index contributed by atoms with van der Waals surface area (Å²) in [5.41, 5.74) is -2.29. The van der Waals surface area contributed by atoms with Crippen LogP contribution in [0.15, 0.2) is 18.2 Å². The van der Waals surface area contributed by atoms with Crippen molar-refractivity contribution in [1.29, 1.82) is 5.26 Å². The molecule has 0 radical (unpaired) electrons. The van der Waals surface area contributed by atoms with Crippen molar-refractivity contribution in [2.24, 2.45) is 11.3 Å². The molecule has 1 aromatic carbocycles. The molecule has 0 spiro atoms. The minimum atomic E-state index is -4.75. The summed E-state index contributed by atoms with van der Waals surface area (Å²) in [5.74, 6) is -2.45. The first-order chi connectivity index (χ1) is 17.2. The third kappa shape index (κ3) is 6.71. The normalized spacial score (nSPS) is 17.6. The summed E-state index contributed by atoms with van der Waals surface area (Å²) in [7, 11) is 0. The molecular weight excluding hydrogens is 495 g/mol. The van der Waals surface area contributed by atoms with Crippen LogP contribution in [0.2, 0.25) is 0 Å². The number of benzene rings is 1. The first kappa shape index (κ1) is 27.8. The van der Waals surface area contributed by atoms with E-state index in [0.29, 0.717) is 19.0 Å². The molecule has 10 nitrogen and oxygen atoms in total. The lowest BCUT2D eigenvalue weighted by Crippen LogP contribution is -2.51. The second-order valence-electron chi connectivity index (χ2n) is 10.2. The Labute approximate surface area is 210 Å². The van der Waals surface area contributed by atoms with Crippen LogP contribution in [0.5, 0.6) is 5.75 Å². The molecule has 1 aliphatic rings. The van der Waals surface area contributed by atoms with E-state index in [4.69, 9.17) is 5.26 Å². The van der Waals surface area contributed by atoms with Gasteiger partial charge in [-0.15, -0.1) is 0 Å². The second kappa shape index (κ2) is 10.7. The van der Waals surface area contributed by atoms with E-state index >= 15 is 0 Å². The Morgan fingerprint density at radius 1 is 1.27 bits per heavy atom. The number of aromatic nitrogens is 1.